The van der Waals surface area contributed by atoms with E-state index in [4.69, 9.17) is 0 Å². The molecule has 0 radical (unpaired) electrons. The molecular formula is C21H27N3O. The molecule has 1 amide bonds. The maximum atomic E-state index is 12.6. The van der Waals surface area contributed by atoms with E-state index in [0.29, 0.717) is 18.9 Å². The first-order valence-electron chi connectivity index (χ1n) is 9.14. The minimum absolute atomic E-state index is 0.220. The Labute approximate surface area is 150 Å². The molecule has 132 valence electrons. The number of likely N-dealkylation sites (tertiary alicyclic amines) is 1. The molecular weight excluding hydrogens is 310 g/mol. The summed E-state index contributed by atoms with van der Waals surface area (Å²) < 4.78 is 0. The molecule has 4 heteroatoms. The Morgan fingerprint density at radius 2 is 2.00 bits per heavy atom. The summed E-state index contributed by atoms with van der Waals surface area (Å²) in [5.74, 6) is 0.220. The van der Waals surface area contributed by atoms with E-state index in [2.05, 4.69) is 40.2 Å². The Morgan fingerprint density at radius 3 is 2.76 bits per heavy atom. The number of amides is 1. The van der Waals surface area contributed by atoms with Crippen LogP contribution in [-0.4, -0.2) is 46.9 Å². The lowest BCUT2D eigenvalue weighted by Crippen LogP contribution is -2.48. The minimum Gasteiger partial charge on any atom is -0.341 e. The van der Waals surface area contributed by atoms with E-state index in [9.17, 15) is 4.79 Å². The average molecular weight is 337 g/mol. The number of aromatic nitrogens is 1. The lowest BCUT2D eigenvalue weighted by Gasteiger charge is -2.37. The topological polar surface area (TPSA) is 36.4 Å². The summed E-state index contributed by atoms with van der Waals surface area (Å²) in [6.45, 7) is 3.04. The van der Waals surface area contributed by atoms with Gasteiger partial charge in [-0.25, -0.2) is 0 Å². The first-order valence-corrected chi connectivity index (χ1v) is 9.14. The van der Waals surface area contributed by atoms with E-state index in [1.54, 1.807) is 6.20 Å². The predicted octanol–water partition coefficient (Wildman–Crippen LogP) is 3.14. The molecule has 1 fully saturated rings. The molecule has 2 aromatic rings. The zero-order chi connectivity index (χ0) is 17.5. The summed E-state index contributed by atoms with van der Waals surface area (Å²) in [6.07, 6.45) is 5.27. The van der Waals surface area contributed by atoms with Crippen LogP contribution in [0.1, 0.15) is 30.5 Å². The zero-order valence-electron chi connectivity index (χ0n) is 15.0. The van der Waals surface area contributed by atoms with Crippen LogP contribution >= 0.6 is 0 Å². The van der Waals surface area contributed by atoms with Gasteiger partial charge >= 0.3 is 0 Å². The summed E-state index contributed by atoms with van der Waals surface area (Å²) in [5, 5.41) is 0. The van der Waals surface area contributed by atoms with Crippen LogP contribution in [0.25, 0.3) is 0 Å². The van der Waals surface area contributed by atoms with Gasteiger partial charge in [0.25, 0.3) is 0 Å². The second-order valence-electron chi connectivity index (χ2n) is 6.84. The molecule has 4 nitrogen and oxygen atoms in total. The van der Waals surface area contributed by atoms with Gasteiger partial charge in [-0.05, 0) is 43.5 Å². The van der Waals surface area contributed by atoms with Crippen molar-refractivity contribution in [2.45, 2.75) is 38.3 Å². The van der Waals surface area contributed by atoms with Crippen LogP contribution in [0.4, 0.5) is 0 Å². The number of hydrogen-bond donors (Lipinski definition) is 0. The Balaban J connectivity index is 1.50. The third-order valence-corrected chi connectivity index (χ3v) is 4.99. The number of rotatable bonds is 6. The van der Waals surface area contributed by atoms with Gasteiger partial charge < -0.3 is 4.90 Å². The summed E-state index contributed by atoms with van der Waals surface area (Å²) >= 11 is 0. The molecule has 0 spiro atoms. The molecule has 1 aromatic heterocycles. The van der Waals surface area contributed by atoms with Crippen molar-refractivity contribution in [1.82, 2.24) is 14.8 Å². The Hall–Kier alpha value is -2.20. The molecule has 0 aliphatic carbocycles. The summed E-state index contributed by atoms with van der Waals surface area (Å²) in [4.78, 5) is 21.3. The number of hydrogen-bond acceptors (Lipinski definition) is 3. The van der Waals surface area contributed by atoms with Crippen LogP contribution in [0.5, 0.6) is 0 Å². The van der Waals surface area contributed by atoms with Crippen molar-refractivity contribution in [1.29, 1.82) is 0 Å². The van der Waals surface area contributed by atoms with Crippen LogP contribution in [0.15, 0.2) is 54.7 Å². The molecule has 0 unspecified atom stereocenters. The number of carbonyl (C=O) groups excluding carboxylic acids is 1. The maximum absolute atomic E-state index is 12.6. The highest BCUT2D eigenvalue weighted by atomic mass is 16.2. The summed E-state index contributed by atoms with van der Waals surface area (Å²) in [5.41, 5.74) is 2.32. The van der Waals surface area contributed by atoms with Crippen molar-refractivity contribution >= 4 is 5.91 Å². The van der Waals surface area contributed by atoms with Crippen molar-refractivity contribution < 1.29 is 4.79 Å². The van der Waals surface area contributed by atoms with Crippen molar-refractivity contribution in [3.63, 3.8) is 0 Å². The third kappa shape index (κ3) is 5.13. The Bertz CT molecular complexity index is 659. The second kappa shape index (κ2) is 8.77. The molecule has 0 N–H and O–H groups in total. The van der Waals surface area contributed by atoms with Gasteiger partial charge in [-0.15, -0.1) is 0 Å². The van der Waals surface area contributed by atoms with Gasteiger partial charge in [-0.2, -0.15) is 0 Å². The summed E-state index contributed by atoms with van der Waals surface area (Å²) in [7, 11) is 1.96. The maximum Gasteiger partial charge on any atom is 0.222 e. The van der Waals surface area contributed by atoms with Crippen molar-refractivity contribution in [2.24, 2.45) is 0 Å². The third-order valence-electron chi connectivity index (χ3n) is 4.99. The fourth-order valence-corrected chi connectivity index (χ4v) is 3.49. The first kappa shape index (κ1) is 17.6. The normalized spacial score (nSPS) is 18.0. The number of aryl methyl sites for hydroxylation is 1. The number of likely N-dealkylation sites (N-methyl/N-ethyl adjacent to an activating group) is 1. The molecule has 1 saturated heterocycles. The average Bonchev–Trinajstić information content (AvgIpc) is 2.67. The minimum atomic E-state index is 0.220. The number of benzene rings is 1. The number of piperidine rings is 1. The van der Waals surface area contributed by atoms with E-state index in [0.717, 1.165) is 38.2 Å². The molecule has 25 heavy (non-hydrogen) atoms. The van der Waals surface area contributed by atoms with Crippen molar-refractivity contribution in [3.05, 3.63) is 66.0 Å². The number of carbonyl (C=O) groups is 1. The van der Waals surface area contributed by atoms with Gasteiger partial charge in [0.15, 0.2) is 0 Å². The van der Waals surface area contributed by atoms with E-state index in [-0.39, 0.29) is 5.91 Å². The fourth-order valence-electron chi connectivity index (χ4n) is 3.49. The molecule has 1 aliphatic rings. The highest BCUT2D eigenvalue weighted by Crippen LogP contribution is 2.18. The van der Waals surface area contributed by atoms with E-state index in [1.807, 2.05) is 30.1 Å². The van der Waals surface area contributed by atoms with E-state index < -0.39 is 0 Å². The van der Waals surface area contributed by atoms with Gasteiger partial charge in [-0.1, -0.05) is 36.4 Å². The number of nitrogens with zero attached hydrogens (tertiary/aromatic N) is 3. The van der Waals surface area contributed by atoms with E-state index in [1.165, 1.54) is 5.56 Å². The van der Waals surface area contributed by atoms with E-state index >= 15 is 0 Å². The quantitative estimate of drug-likeness (QED) is 0.812. The van der Waals surface area contributed by atoms with Crippen LogP contribution in [0.2, 0.25) is 0 Å². The highest BCUT2D eigenvalue weighted by molar-refractivity contribution is 5.76. The fraction of sp³-hybridized carbons (Fsp3) is 0.429. The lowest BCUT2D eigenvalue weighted by molar-refractivity contribution is -0.133. The molecule has 1 aliphatic heterocycles. The largest absolute Gasteiger partial charge is 0.341 e. The predicted molar refractivity (Wildman–Crippen MR) is 100 cm³/mol. The van der Waals surface area contributed by atoms with Gasteiger partial charge in [0.1, 0.15) is 0 Å². The molecule has 0 bridgehead atoms. The van der Waals surface area contributed by atoms with Crippen molar-refractivity contribution in [2.75, 3.05) is 20.1 Å². The lowest BCUT2D eigenvalue weighted by atomic mass is 10.0. The van der Waals surface area contributed by atoms with Gasteiger partial charge in [0.2, 0.25) is 5.91 Å². The Kier molecular flexibility index (Phi) is 6.18. The molecule has 3 rings (SSSR count). The van der Waals surface area contributed by atoms with Gasteiger partial charge in [0.05, 0.1) is 0 Å². The first-order chi connectivity index (χ1) is 12.2. The van der Waals surface area contributed by atoms with Gasteiger partial charge in [-0.3, -0.25) is 14.7 Å². The van der Waals surface area contributed by atoms with Crippen LogP contribution in [-0.2, 0) is 17.8 Å². The summed E-state index contributed by atoms with van der Waals surface area (Å²) in [6, 6.07) is 16.7. The second-order valence-corrected chi connectivity index (χ2v) is 6.84. The molecule has 0 saturated carbocycles. The van der Waals surface area contributed by atoms with Crippen LogP contribution in [0, 0.1) is 0 Å². The van der Waals surface area contributed by atoms with Crippen LogP contribution < -0.4 is 0 Å². The van der Waals surface area contributed by atoms with Crippen molar-refractivity contribution in [3.8, 4) is 0 Å². The highest BCUT2D eigenvalue weighted by Gasteiger charge is 2.25. The molecule has 1 atom stereocenters. The zero-order valence-corrected chi connectivity index (χ0v) is 15.0. The monoisotopic (exact) mass is 337 g/mol. The molecule has 1 aromatic carbocycles. The Morgan fingerprint density at radius 1 is 1.20 bits per heavy atom. The van der Waals surface area contributed by atoms with Crippen LogP contribution in [0.3, 0.4) is 0 Å². The molecule has 2 heterocycles. The standard InChI is InChI=1S/C21H27N3O/c1-23(21(25)13-12-19-10-5-6-14-22-19)20-11-7-15-24(17-20)16-18-8-3-2-4-9-18/h2-6,8-10,14,20H,7,11-13,15-17H2,1H3/t20-/m1/s1. The SMILES string of the molecule is CN(C(=O)CCc1ccccn1)[C@@H]1CCCN(Cc2ccccc2)C1. The van der Waals surface area contributed by atoms with Gasteiger partial charge in [0, 0.05) is 44.5 Å². The smallest absolute Gasteiger partial charge is 0.222 e. The number of pyridine rings is 1.